The average Bonchev–Trinajstić information content (AvgIpc) is 2.35. The molecule has 0 amide bonds. The Balaban J connectivity index is 1.83. The Hall–Kier alpha value is -0.0800. The standard InChI is InChI=1S/C16H32N2/c1-4-8-17-15-6-5-7-16(10-15)18-11-13(2)9-14(3)12-18/h13-17H,4-12H2,1-3H3. The second-order valence-electron chi connectivity index (χ2n) is 6.87. The monoisotopic (exact) mass is 252 g/mol. The first-order chi connectivity index (χ1) is 8.69. The van der Waals surface area contributed by atoms with Gasteiger partial charge in [-0.1, -0.05) is 27.2 Å². The molecule has 0 bridgehead atoms. The lowest BCUT2D eigenvalue weighted by Crippen LogP contribution is -2.49. The van der Waals surface area contributed by atoms with E-state index in [1.54, 1.807) is 0 Å². The molecule has 1 aliphatic carbocycles. The van der Waals surface area contributed by atoms with Crippen LogP contribution >= 0.6 is 0 Å². The van der Waals surface area contributed by atoms with E-state index in [-0.39, 0.29) is 0 Å². The van der Waals surface area contributed by atoms with E-state index >= 15 is 0 Å². The third-order valence-corrected chi connectivity index (χ3v) is 4.74. The van der Waals surface area contributed by atoms with Crippen LogP contribution in [-0.4, -0.2) is 36.6 Å². The van der Waals surface area contributed by atoms with Gasteiger partial charge in [0, 0.05) is 25.2 Å². The average molecular weight is 252 g/mol. The number of likely N-dealkylation sites (tertiary alicyclic amines) is 1. The van der Waals surface area contributed by atoms with Crippen molar-refractivity contribution in [1.29, 1.82) is 0 Å². The van der Waals surface area contributed by atoms with Crippen LogP contribution in [0.25, 0.3) is 0 Å². The fourth-order valence-corrected chi connectivity index (χ4v) is 4.04. The summed E-state index contributed by atoms with van der Waals surface area (Å²) in [5, 5.41) is 3.74. The van der Waals surface area contributed by atoms with Crippen LogP contribution in [0.2, 0.25) is 0 Å². The minimum absolute atomic E-state index is 0.788. The zero-order valence-corrected chi connectivity index (χ0v) is 12.6. The smallest absolute Gasteiger partial charge is 0.0110 e. The molecule has 0 aromatic carbocycles. The molecule has 1 heterocycles. The summed E-state index contributed by atoms with van der Waals surface area (Å²) >= 11 is 0. The number of piperidine rings is 1. The van der Waals surface area contributed by atoms with Gasteiger partial charge in [-0.2, -0.15) is 0 Å². The van der Waals surface area contributed by atoms with Crippen LogP contribution in [0, 0.1) is 11.8 Å². The quantitative estimate of drug-likeness (QED) is 0.826. The largest absolute Gasteiger partial charge is 0.314 e. The lowest BCUT2D eigenvalue weighted by Gasteiger charge is -2.43. The first kappa shape index (κ1) is 14.3. The first-order valence-corrected chi connectivity index (χ1v) is 8.16. The van der Waals surface area contributed by atoms with E-state index in [0.717, 1.165) is 23.9 Å². The maximum Gasteiger partial charge on any atom is 0.0110 e. The van der Waals surface area contributed by atoms with Crippen molar-refractivity contribution in [2.45, 2.75) is 71.4 Å². The molecule has 4 unspecified atom stereocenters. The summed E-state index contributed by atoms with van der Waals surface area (Å²) in [6.07, 6.45) is 8.34. The highest BCUT2D eigenvalue weighted by molar-refractivity contribution is 4.87. The van der Waals surface area contributed by atoms with Crippen molar-refractivity contribution in [2.75, 3.05) is 19.6 Å². The van der Waals surface area contributed by atoms with Gasteiger partial charge >= 0.3 is 0 Å². The predicted molar refractivity (Wildman–Crippen MR) is 78.9 cm³/mol. The van der Waals surface area contributed by atoms with Gasteiger partial charge in [-0.05, 0) is 50.5 Å². The summed E-state index contributed by atoms with van der Waals surface area (Å²) in [6.45, 7) is 11.0. The van der Waals surface area contributed by atoms with Gasteiger partial charge in [0.1, 0.15) is 0 Å². The van der Waals surface area contributed by atoms with Crippen molar-refractivity contribution >= 4 is 0 Å². The molecule has 4 atom stereocenters. The van der Waals surface area contributed by atoms with E-state index in [2.05, 4.69) is 31.0 Å². The van der Waals surface area contributed by atoms with Crippen LogP contribution in [-0.2, 0) is 0 Å². The van der Waals surface area contributed by atoms with E-state index in [1.807, 2.05) is 0 Å². The lowest BCUT2D eigenvalue weighted by atomic mass is 9.85. The minimum atomic E-state index is 0.788. The second-order valence-corrected chi connectivity index (χ2v) is 6.87. The van der Waals surface area contributed by atoms with Gasteiger partial charge in [-0.3, -0.25) is 4.90 Å². The molecule has 2 heteroatoms. The maximum absolute atomic E-state index is 3.74. The van der Waals surface area contributed by atoms with E-state index in [4.69, 9.17) is 0 Å². The Morgan fingerprint density at radius 1 is 1.06 bits per heavy atom. The van der Waals surface area contributed by atoms with Crippen LogP contribution in [0.3, 0.4) is 0 Å². The van der Waals surface area contributed by atoms with E-state index in [1.165, 1.54) is 58.2 Å². The first-order valence-electron chi connectivity index (χ1n) is 8.16. The molecular formula is C16H32N2. The molecular weight excluding hydrogens is 220 g/mol. The van der Waals surface area contributed by atoms with Crippen molar-refractivity contribution in [1.82, 2.24) is 10.2 Å². The highest BCUT2D eigenvalue weighted by Crippen LogP contribution is 2.29. The van der Waals surface area contributed by atoms with Crippen LogP contribution in [0.15, 0.2) is 0 Å². The van der Waals surface area contributed by atoms with E-state index in [9.17, 15) is 0 Å². The van der Waals surface area contributed by atoms with Crippen molar-refractivity contribution in [3.63, 3.8) is 0 Å². The Morgan fingerprint density at radius 2 is 1.78 bits per heavy atom. The van der Waals surface area contributed by atoms with Crippen LogP contribution < -0.4 is 5.32 Å². The van der Waals surface area contributed by atoms with Crippen LogP contribution in [0.1, 0.15) is 59.3 Å². The molecule has 106 valence electrons. The molecule has 0 aromatic rings. The number of hydrogen-bond acceptors (Lipinski definition) is 2. The van der Waals surface area contributed by atoms with Gasteiger partial charge in [-0.25, -0.2) is 0 Å². The molecule has 1 N–H and O–H groups in total. The lowest BCUT2D eigenvalue weighted by molar-refractivity contribution is 0.0680. The third-order valence-electron chi connectivity index (χ3n) is 4.74. The topological polar surface area (TPSA) is 15.3 Å². The highest BCUT2D eigenvalue weighted by atomic mass is 15.2. The summed E-state index contributed by atoms with van der Waals surface area (Å²) in [5.74, 6) is 1.80. The summed E-state index contributed by atoms with van der Waals surface area (Å²) in [5.41, 5.74) is 0. The molecule has 2 rings (SSSR count). The minimum Gasteiger partial charge on any atom is -0.314 e. The third kappa shape index (κ3) is 3.96. The van der Waals surface area contributed by atoms with Gasteiger partial charge in [-0.15, -0.1) is 0 Å². The van der Waals surface area contributed by atoms with Gasteiger partial charge in [0.2, 0.25) is 0 Å². The Labute approximate surface area is 114 Å². The molecule has 1 aliphatic heterocycles. The number of rotatable bonds is 4. The Morgan fingerprint density at radius 3 is 2.44 bits per heavy atom. The number of nitrogens with zero attached hydrogens (tertiary/aromatic N) is 1. The van der Waals surface area contributed by atoms with Crippen molar-refractivity contribution in [3.8, 4) is 0 Å². The van der Waals surface area contributed by atoms with Crippen LogP contribution in [0.5, 0.6) is 0 Å². The molecule has 18 heavy (non-hydrogen) atoms. The Kier molecular flexibility index (Phi) is 5.50. The molecule has 2 aliphatic rings. The molecule has 0 spiro atoms. The fraction of sp³-hybridized carbons (Fsp3) is 1.00. The summed E-state index contributed by atoms with van der Waals surface area (Å²) < 4.78 is 0. The van der Waals surface area contributed by atoms with E-state index in [0.29, 0.717) is 0 Å². The summed E-state index contributed by atoms with van der Waals surface area (Å²) in [7, 11) is 0. The zero-order chi connectivity index (χ0) is 13.0. The molecule has 0 aromatic heterocycles. The van der Waals surface area contributed by atoms with Gasteiger partial charge < -0.3 is 5.32 Å². The maximum atomic E-state index is 3.74. The highest BCUT2D eigenvalue weighted by Gasteiger charge is 2.30. The van der Waals surface area contributed by atoms with E-state index < -0.39 is 0 Å². The summed E-state index contributed by atoms with van der Waals surface area (Å²) in [4.78, 5) is 2.80. The second kappa shape index (κ2) is 6.91. The predicted octanol–water partition coefficient (Wildman–Crippen LogP) is 3.28. The molecule has 1 saturated carbocycles. The van der Waals surface area contributed by atoms with Gasteiger partial charge in [0.15, 0.2) is 0 Å². The zero-order valence-electron chi connectivity index (χ0n) is 12.6. The molecule has 2 fully saturated rings. The van der Waals surface area contributed by atoms with Crippen LogP contribution in [0.4, 0.5) is 0 Å². The van der Waals surface area contributed by atoms with Crippen molar-refractivity contribution in [3.05, 3.63) is 0 Å². The van der Waals surface area contributed by atoms with Gasteiger partial charge in [0.25, 0.3) is 0 Å². The van der Waals surface area contributed by atoms with Crippen molar-refractivity contribution in [2.24, 2.45) is 11.8 Å². The Bertz CT molecular complexity index is 231. The number of hydrogen-bond donors (Lipinski definition) is 1. The van der Waals surface area contributed by atoms with Crippen molar-refractivity contribution < 1.29 is 0 Å². The molecule has 0 radical (unpaired) electrons. The molecule has 1 saturated heterocycles. The normalized spacial score (nSPS) is 38.8. The number of nitrogens with one attached hydrogen (secondary N) is 1. The van der Waals surface area contributed by atoms with Gasteiger partial charge in [0.05, 0.1) is 0 Å². The fourth-order valence-electron chi connectivity index (χ4n) is 4.04. The summed E-state index contributed by atoms with van der Waals surface area (Å²) in [6, 6.07) is 1.65. The molecule has 2 nitrogen and oxygen atoms in total. The SMILES string of the molecule is CCCNC1CCCC(N2CC(C)CC(C)C2)C1.